The average Bonchev–Trinajstić information content (AvgIpc) is 3.04. The van der Waals surface area contributed by atoms with Crippen molar-refractivity contribution in [3.8, 4) is 0 Å². The van der Waals surface area contributed by atoms with Crippen LogP contribution < -0.4 is 5.32 Å². The second kappa shape index (κ2) is 8.03. The summed E-state index contributed by atoms with van der Waals surface area (Å²) in [6, 6.07) is 7.68. The van der Waals surface area contributed by atoms with E-state index in [1.165, 1.54) is 29.0 Å². The quantitative estimate of drug-likeness (QED) is 0.820. The first-order valence-electron chi connectivity index (χ1n) is 10.5. The molecule has 0 unspecified atom stereocenters. The molecule has 1 amide bonds. The van der Waals surface area contributed by atoms with Gasteiger partial charge in [0.25, 0.3) is 5.91 Å². The summed E-state index contributed by atoms with van der Waals surface area (Å²) in [5, 5.41) is 4.30. The third kappa shape index (κ3) is 4.16. The van der Waals surface area contributed by atoms with E-state index in [0.29, 0.717) is 31.8 Å². The van der Waals surface area contributed by atoms with Crippen LogP contribution in [0.15, 0.2) is 34.7 Å². The summed E-state index contributed by atoms with van der Waals surface area (Å²) in [7, 11) is -3.52. The largest absolute Gasteiger partial charge is 0.312 e. The van der Waals surface area contributed by atoms with Crippen LogP contribution in [0.4, 0.5) is 0 Å². The molecule has 29 heavy (non-hydrogen) atoms. The van der Waals surface area contributed by atoms with E-state index in [4.69, 9.17) is 4.99 Å². The first-order valence-corrected chi connectivity index (χ1v) is 12.1. The van der Waals surface area contributed by atoms with Gasteiger partial charge in [-0.3, -0.25) is 9.79 Å². The van der Waals surface area contributed by atoms with Gasteiger partial charge in [0.15, 0.2) is 0 Å². The van der Waals surface area contributed by atoms with Crippen molar-refractivity contribution in [3.05, 3.63) is 40.8 Å². The second-order valence-electron chi connectivity index (χ2n) is 8.42. The number of aliphatic imine (C=N–C) groups is 1. The summed E-state index contributed by atoms with van der Waals surface area (Å²) in [5.74, 6) is 1.14. The lowest BCUT2D eigenvalue weighted by Crippen LogP contribution is -2.50. The number of nitrogens with one attached hydrogen (secondary N) is 1. The standard InChI is InChI=1S/C22H29N3O3S/c1-17-7-5-6-8-18(17)11-16-29(27,28)25-14-12-22(13-15-25)21(26)23-20(24-22)19-9-3-2-4-10-19/h5-8,11,16,19H,2-4,9-10,12-15H2,1H3,(H,23,24,26). The summed E-state index contributed by atoms with van der Waals surface area (Å²) >= 11 is 0. The Morgan fingerprint density at radius 2 is 1.83 bits per heavy atom. The van der Waals surface area contributed by atoms with Gasteiger partial charge in [0.05, 0.1) is 0 Å². The van der Waals surface area contributed by atoms with E-state index in [-0.39, 0.29) is 5.91 Å². The number of sulfonamides is 1. The third-order valence-corrected chi connectivity index (χ3v) is 8.07. The van der Waals surface area contributed by atoms with Gasteiger partial charge in [-0.1, -0.05) is 43.5 Å². The summed E-state index contributed by atoms with van der Waals surface area (Å²) in [5.41, 5.74) is 1.14. The topological polar surface area (TPSA) is 78.8 Å². The molecule has 3 aliphatic rings. The maximum absolute atomic E-state index is 12.8. The Balaban J connectivity index is 1.44. The Kier molecular flexibility index (Phi) is 5.62. The van der Waals surface area contributed by atoms with Crippen molar-refractivity contribution in [3.63, 3.8) is 0 Å². The predicted molar refractivity (Wildman–Crippen MR) is 115 cm³/mol. The lowest BCUT2D eigenvalue weighted by molar-refractivity contribution is -0.124. The zero-order valence-electron chi connectivity index (χ0n) is 16.9. The van der Waals surface area contributed by atoms with Crippen molar-refractivity contribution >= 4 is 27.8 Å². The first kappa shape index (κ1) is 20.3. The Morgan fingerprint density at radius 1 is 1.14 bits per heavy atom. The monoisotopic (exact) mass is 415 g/mol. The number of piperidine rings is 1. The predicted octanol–water partition coefficient (Wildman–Crippen LogP) is 3.24. The molecule has 1 saturated heterocycles. The molecular formula is C22H29N3O3S. The molecule has 0 atom stereocenters. The highest BCUT2D eigenvalue weighted by Crippen LogP contribution is 2.34. The van der Waals surface area contributed by atoms with Crippen LogP contribution in [0.3, 0.4) is 0 Å². The normalized spacial score (nSPS) is 23.5. The van der Waals surface area contributed by atoms with E-state index in [2.05, 4.69) is 5.32 Å². The zero-order chi connectivity index (χ0) is 20.5. The summed E-state index contributed by atoms with van der Waals surface area (Å²) in [6.45, 7) is 2.59. The molecule has 2 heterocycles. The molecule has 6 nitrogen and oxygen atoms in total. The van der Waals surface area contributed by atoms with Crippen molar-refractivity contribution in [2.45, 2.75) is 57.4 Å². The first-order chi connectivity index (χ1) is 13.9. The van der Waals surface area contributed by atoms with E-state index in [1.807, 2.05) is 31.2 Å². The molecule has 0 radical (unpaired) electrons. The van der Waals surface area contributed by atoms with Gasteiger partial charge in [0, 0.05) is 24.4 Å². The number of hydrogen-bond acceptors (Lipinski definition) is 4. The van der Waals surface area contributed by atoms with E-state index in [0.717, 1.165) is 29.8 Å². The molecule has 1 saturated carbocycles. The molecule has 0 bridgehead atoms. The molecule has 7 heteroatoms. The van der Waals surface area contributed by atoms with Crippen LogP contribution in [0.25, 0.3) is 6.08 Å². The molecule has 1 N–H and O–H groups in total. The van der Waals surface area contributed by atoms with Gasteiger partial charge in [-0.2, -0.15) is 4.31 Å². The number of amides is 1. The van der Waals surface area contributed by atoms with Gasteiger partial charge in [-0.25, -0.2) is 8.42 Å². The van der Waals surface area contributed by atoms with Crippen molar-refractivity contribution in [1.82, 2.24) is 9.62 Å². The average molecular weight is 416 g/mol. The minimum absolute atomic E-state index is 0.0504. The van der Waals surface area contributed by atoms with Gasteiger partial charge in [0.2, 0.25) is 10.0 Å². The van der Waals surface area contributed by atoms with E-state index in [9.17, 15) is 13.2 Å². The number of carbonyl (C=O) groups is 1. The maximum atomic E-state index is 12.8. The van der Waals surface area contributed by atoms with Crippen molar-refractivity contribution in [2.75, 3.05) is 13.1 Å². The Morgan fingerprint density at radius 3 is 2.52 bits per heavy atom. The number of amidine groups is 1. The lowest BCUT2D eigenvalue weighted by Gasteiger charge is -2.34. The van der Waals surface area contributed by atoms with E-state index in [1.54, 1.807) is 6.08 Å². The number of hydrogen-bond donors (Lipinski definition) is 1. The molecule has 0 aromatic heterocycles. The smallest absolute Gasteiger partial charge is 0.253 e. The highest BCUT2D eigenvalue weighted by Gasteiger charge is 2.48. The third-order valence-electron chi connectivity index (χ3n) is 6.51. The van der Waals surface area contributed by atoms with Crippen LogP contribution in [-0.4, -0.2) is 43.1 Å². The van der Waals surface area contributed by atoms with Crippen LogP contribution in [0, 0.1) is 12.8 Å². The SMILES string of the molecule is Cc1ccccc1C=CS(=O)(=O)N1CCC2(CC1)N=C(C1CCCCC1)NC2=O. The highest BCUT2D eigenvalue weighted by atomic mass is 32.2. The van der Waals surface area contributed by atoms with Crippen molar-refractivity contribution in [2.24, 2.45) is 10.9 Å². The minimum Gasteiger partial charge on any atom is -0.312 e. The fraction of sp³-hybridized carbons (Fsp3) is 0.545. The van der Waals surface area contributed by atoms with Gasteiger partial charge in [0.1, 0.15) is 11.4 Å². The second-order valence-corrected chi connectivity index (χ2v) is 10.2. The molecule has 4 rings (SSSR count). The lowest BCUT2D eigenvalue weighted by atomic mass is 9.88. The summed E-state index contributed by atoms with van der Waals surface area (Å²) in [4.78, 5) is 17.5. The molecule has 156 valence electrons. The van der Waals surface area contributed by atoms with Crippen LogP contribution in [-0.2, 0) is 14.8 Å². The Bertz CT molecular complexity index is 938. The van der Waals surface area contributed by atoms with E-state index < -0.39 is 15.6 Å². The molecule has 2 fully saturated rings. The van der Waals surface area contributed by atoms with Crippen LogP contribution in [0.1, 0.15) is 56.1 Å². The van der Waals surface area contributed by atoms with Crippen molar-refractivity contribution < 1.29 is 13.2 Å². The fourth-order valence-corrected chi connectivity index (χ4v) is 5.76. The molecule has 1 aliphatic carbocycles. The molecule has 2 aliphatic heterocycles. The van der Waals surface area contributed by atoms with Crippen LogP contribution >= 0.6 is 0 Å². The van der Waals surface area contributed by atoms with Gasteiger partial charge in [-0.15, -0.1) is 0 Å². The van der Waals surface area contributed by atoms with Gasteiger partial charge in [-0.05, 0) is 49.8 Å². The molecule has 1 aromatic carbocycles. The number of carbonyl (C=O) groups excluding carboxylic acids is 1. The number of nitrogens with zero attached hydrogens (tertiary/aromatic N) is 2. The Hall–Kier alpha value is -1.99. The maximum Gasteiger partial charge on any atom is 0.253 e. The highest BCUT2D eigenvalue weighted by molar-refractivity contribution is 7.92. The van der Waals surface area contributed by atoms with Crippen LogP contribution in [0.2, 0.25) is 0 Å². The number of rotatable bonds is 4. The van der Waals surface area contributed by atoms with Gasteiger partial charge < -0.3 is 5.32 Å². The van der Waals surface area contributed by atoms with Crippen LogP contribution in [0.5, 0.6) is 0 Å². The number of benzene rings is 1. The number of aryl methyl sites for hydroxylation is 1. The molecule has 1 spiro atoms. The van der Waals surface area contributed by atoms with Crippen molar-refractivity contribution in [1.29, 1.82) is 0 Å². The van der Waals surface area contributed by atoms with E-state index >= 15 is 0 Å². The minimum atomic E-state index is -3.52. The molecule has 1 aromatic rings. The summed E-state index contributed by atoms with van der Waals surface area (Å²) in [6.07, 6.45) is 8.32. The Labute approximate surface area is 173 Å². The summed E-state index contributed by atoms with van der Waals surface area (Å²) < 4.78 is 27.0. The fourth-order valence-electron chi connectivity index (χ4n) is 4.58. The zero-order valence-corrected chi connectivity index (χ0v) is 17.7. The molecular weight excluding hydrogens is 386 g/mol. The van der Waals surface area contributed by atoms with Gasteiger partial charge >= 0.3 is 0 Å².